The van der Waals surface area contributed by atoms with Crippen molar-refractivity contribution in [2.75, 3.05) is 7.11 Å². The first-order valence-corrected chi connectivity index (χ1v) is 4.81. The summed E-state index contributed by atoms with van der Waals surface area (Å²) in [5.41, 5.74) is 3.12. The fraction of sp³-hybridized carbons (Fsp3) is 0.333. The number of hydroxylamine groups is 1. The second kappa shape index (κ2) is 5.41. The number of benzene rings is 1. The van der Waals surface area contributed by atoms with Gasteiger partial charge in [-0.05, 0) is 17.7 Å². The molecule has 5 heteroatoms. The Morgan fingerprint density at radius 3 is 2.79 bits per heavy atom. The highest BCUT2D eigenvalue weighted by Crippen LogP contribution is 2.22. The summed E-state index contributed by atoms with van der Waals surface area (Å²) in [5, 5.41) is 8.46. The summed E-state index contributed by atoms with van der Waals surface area (Å²) in [6, 6.07) is 3.10. The minimum atomic E-state index is -0.341. The molecule has 0 aliphatic rings. The normalized spacial score (nSPS) is 10.6. The highest BCUT2D eigenvalue weighted by atomic mass is 79.9. The molecule has 0 saturated heterocycles. The van der Waals surface area contributed by atoms with Gasteiger partial charge in [0.05, 0.1) is 6.61 Å². The van der Waals surface area contributed by atoms with Crippen molar-refractivity contribution >= 4 is 15.9 Å². The molecule has 1 aromatic rings. The fourth-order valence-corrected chi connectivity index (χ4v) is 1.73. The Hall–Kier alpha value is -0.490. The maximum atomic E-state index is 13.4. The molecule has 0 unspecified atom stereocenters. The number of halogens is 2. The summed E-state index contributed by atoms with van der Waals surface area (Å²) >= 11 is 3.24. The van der Waals surface area contributed by atoms with Crippen LogP contribution in [-0.4, -0.2) is 12.3 Å². The second-order valence-electron chi connectivity index (χ2n) is 2.81. The minimum Gasteiger partial charge on any atom is -0.380 e. The third kappa shape index (κ3) is 2.75. The lowest BCUT2D eigenvalue weighted by Gasteiger charge is -2.07. The third-order valence-corrected chi connectivity index (χ3v) is 2.48. The molecule has 0 aromatic heterocycles. The van der Waals surface area contributed by atoms with Crippen LogP contribution in [0.5, 0.6) is 0 Å². The van der Waals surface area contributed by atoms with Crippen LogP contribution in [0.1, 0.15) is 11.1 Å². The summed E-state index contributed by atoms with van der Waals surface area (Å²) in [7, 11) is 1.51. The van der Waals surface area contributed by atoms with Crippen LogP contribution >= 0.6 is 15.9 Å². The number of rotatable bonds is 4. The van der Waals surface area contributed by atoms with Gasteiger partial charge in [-0.2, -0.15) is 0 Å². The van der Waals surface area contributed by atoms with Crippen molar-refractivity contribution in [2.45, 2.75) is 13.2 Å². The Morgan fingerprint density at radius 2 is 2.29 bits per heavy atom. The van der Waals surface area contributed by atoms with Crippen molar-refractivity contribution in [1.29, 1.82) is 0 Å². The average Bonchev–Trinajstić information content (AvgIpc) is 2.12. The molecule has 0 saturated carbocycles. The molecule has 1 rings (SSSR count). The third-order valence-electron chi connectivity index (χ3n) is 1.77. The molecule has 0 atom stereocenters. The zero-order valence-corrected chi connectivity index (χ0v) is 9.27. The van der Waals surface area contributed by atoms with Gasteiger partial charge in [-0.15, -0.1) is 0 Å². The average molecular weight is 264 g/mol. The highest BCUT2D eigenvalue weighted by molar-refractivity contribution is 9.10. The van der Waals surface area contributed by atoms with Gasteiger partial charge in [-0.25, -0.2) is 9.87 Å². The van der Waals surface area contributed by atoms with Crippen molar-refractivity contribution in [3.05, 3.63) is 33.5 Å². The predicted molar refractivity (Wildman–Crippen MR) is 53.4 cm³/mol. The summed E-state index contributed by atoms with van der Waals surface area (Å²) < 4.78 is 18.9. The molecule has 0 bridgehead atoms. The monoisotopic (exact) mass is 263 g/mol. The van der Waals surface area contributed by atoms with Gasteiger partial charge < -0.3 is 9.94 Å². The molecule has 14 heavy (non-hydrogen) atoms. The van der Waals surface area contributed by atoms with Gasteiger partial charge in [-0.1, -0.05) is 15.9 Å². The Morgan fingerprint density at radius 1 is 1.57 bits per heavy atom. The van der Waals surface area contributed by atoms with E-state index < -0.39 is 0 Å². The van der Waals surface area contributed by atoms with Crippen molar-refractivity contribution < 1.29 is 14.3 Å². The van der Waals surface area contributed by atoms with Crippen LogP contribution in [0.3, 0.4) is 0 Å². The van der Waals surface area contributed by atoms with Gasteiger partial charge >= 0.3 is 0 Å². The number of hydrogen-bond acceptors (Lipinski definition) is 3. The minimum absolute atomic E-state index is 0.211. The van der Waals surface area contributed by atoms with Crippen LogP contribution in [0.25, 0.3) is 0 Å². The van der Waals surface area contributed by atoms with E-state index in [0.717, 1.165) is 0 Å². The molecular weight excluding hydrogens is 253 g/mol. The molecule has 0 aliphatic heterocycles. The van der Waals surface area contributed by atoms with Crippen LogP contribution < -0.4 is 5.48 Å². The Labute approximate surface area is 90.0 Å². The lowest BCUT2D eigenvalue weighted by Crippen LogP contribution is -2.07. The molecule has 2 N–H and O–H groups in total. The van der Waals surface area contributed by atoms with E-state index in [4.69, 9.17) is 9.94 Å². The van der Waals surface area contributed by atoms with E-state index in [9.17, 15) is 4.39 Å². The maximum Gasteiger partial charge on any atom is 0.130 e. The van der Waals surface area contributed by atoms with Gasteiger partial charge in [0.25, 0.3) is 0 Å². The van der Waals surface area contributed by atoms with Crippen LogP contribution in [0, 0.1) is 5.82 Å². The van der Waals surface area contributed by atoms with Crippen LogP contribution in [0.4, 0.5) is 4.39 Å². The van der Waals surface area contributed by atoms with E-state index in [1.807, 2.05) is 5.48 Å². The summed E-state index contributed by atoms with van der Waals surface area (Å²) in [6.45, 7) is 0.433. The zero-order valence-electron chi connectivity index (χ0n) is 7.68. The number of nitrogens with one attached hydrogen (secondary N) is 1. The van der Waals surface area contributed by atoms with E-state index in [0.29, 0.717) is 15.6 Å². The second-order valence-corrected chi connectivity index (χ2v) is 3.66. The molecule has 0 radical (unpaired) electrons. The van der Waals surface area contributed by atoms with E-state index in [-0.39, 0.29) is 19.0 Å². The molecule has 1 aromatic carbocycles. The Kier molecular flexibility index (Phi) is 4.47. The summed E-state index contributed by atoms with van der Waals surface area (Å²) in [6.07, 6.45) is 0. The largest absolute Gasteiger partial charge is 0.380 e. The first-order chi connectivity index (χ1) is 6.69. The number of hydrogen-bond donors (Lipinski definition) is 2. The van der Waals surface area contributed by atoms with Crippen LogP contribution in [0.2, 0.25) is 0 Å². The standard InChI is InChI=1S/C9H11BrFNO2/c1-14-5-7-8(10)2-6(4-12-13)3-9(7)11/h2-3,12-13H,4-5H2,1H3. The first-order valence-electron chi connectivity index (χ1n) is 4.01. The Bertz CT molecular complexity index is 297. The first kappa shape index (κ1) is 11.6. The van der Waals surface area contributed by atoms with E-state index in [1.165, 1.54) is 13.2 Å². The lowest BCUT2D eigenvalue weighted by molar-refractivity contribution is 0.161. The zero-order chi connectivity index (χ0) is 10.6. The molecular formula is C9H11BrFNO2. The lowest BCUT2D eigenvalue weighted by atomic mass is 10.1. The van der Waals surface area contributed by atoms with E-state index >= 15 is 0 Å². The summed E-state index contributed by atoms with van der Waals surface area (Å²) in [5.74, 6) is -0.341. The van der Waals surface area contributed by atoms with Crippen molar-refractivity contribution in [3.63, 3.8) is 0 Å². The molecule has 0 aliphatic carbocycles. The maximum absolute atomic E-state index is 13.4. The number of methoxy groups -OCH3 is 1. The molecule has 78 valence electrons. The predicted octanol–water partition coefficient (Wildman–Crippen LogP) is 2.21. The molecule has 0 amide bonds. The van der Waals surface area contributed by atoms with Gasteiger partial charge in [0.2, 0.25) is 0 Å². The quantitative estimate of drug-likeness (QED) is 0.819. The highest BCUT2D eigenvalue weighted by Gasteiger charge is 2.08. The van der Waals surface area contributed by atoms with Crippen LogP contribution in [0.15, 0.2) is 16.6 Å². The summed E-state index contributed by atoms with van der Waals surface area (Å²) in [4.78, 5) is 0. The van der Waals surface area contributed by atoms with Gasteiger partial charge in [0.15, 0.2) is 0 Å². The Balaban J connectivity index is 2.98. The molecule has 0 spiro atoms. The molecule has 3 nitrogen and oxygen atoms in total. The van der Waals surface area contributed by atoms with Crippen LogP contribution in [-0.2, 0) is 17.9 Å². The SMILES string of the molecule is COCc1c(F)cc(CNO)cc1Br. The van der Waals surface area contributed by atoms with Gasteiger partial charge in [-0.3, -0.25) is 0 Å². The van der Waals surface area contributed by atoms with Crippen molar-refractivity contribution in [2.24, 2.45) is 0 Å². The van der Waals surface area contributed by atoms with E-state index in [2.05, 4.69) is 15.9 Å². The topological polar surface area (TPSA) is 41.5 Å². The number of ether oxygens (including phenoxy) is 1. The molecule has 0 heterocycles. The van der Waals surface area contributed by atoms with Gasteiger partial charge in [0, 0.05) is 23.7 Å². The molecule has 0 fully saturated rings. The fourth-order valence-electron chi connectivity index (χ4n) is 1.13. The van der Waals surface area contributed by atoms with E-state index in [1.54, 1.807) is 6.07 Å². The van der Waals surface area contributed by atoms with Gasteiger partial charge in [0.1, 0.15) is 5.82 Å². The smallest absolute Gasteiger partial charge is 0.130 e. The van der Waals surface area contributed by atoms with Crippen molar-refractivity contribution in [1.82, 2.24) is 5.48 Å². The van der Waals surface area contributed by atoms with Crippen molar-refractivity contribution in [3.8, 4) is 0 Å².